The lowest BCUT2D eigenvalue weighted by atomic mass is 10.1. The van der Waals surface area contributed by atoms with Gasteiger partial charge in [-0.15, -0.1) is 0 Å². The van der Waals surface area contributed by atoms with Crippen LogP contribution in [0.1, 0.15) is 18.4 Å². The average molecular weight is 259 g/mol. The van der Waals surface area contributed by atoms with E-state index in [9.17, 15) is 0 Å². The fourth-order valence-electron chi connectivity index (χ4n) is 2.14. The van der Waals surface area contributed by atoms with Gasteiger partial charge in [0.15, 0.2) is 0 Å². The van der Waals surface area contributed by atoms with Crippen molar-refractivity contribution in [2.45, 2.75) is 25.8 Å². The van der Waals surface area contributed by atoms with Crippen LogP contribution in [0.15, 0.2) is 12.1 Å². The smallest absolute Gasteiger partial charge is 0.0748 e. The Balaban J connectivity index is 2.35. The van der Waals surface area contributed by atoms with Gasteiger partial charge in [0.25, 0.3) is 0 Å². The number of piperidine rings is 1. The van der Waals surface area contributed by atoms with Crippen molar-refractivity contribution in [3.05, 3.63) is 27.7 Å². The van der Waals surface area contributed by atoms with E-state index in [0.29, 0.717) is 5.02 Å². The maximum absolute atomic E-state index is 6.31. The number of hydrogen-bond donors (Lipinski definition) is 1. The van der Waals surface area contributed by atoms with Gasteiger partial charge in [-0.25, -0.2) is 0 Å². The molecule has 1 aromatic rings. The van der Waals surface area contributed by atoms with Crippen LogP contribution in [0.3, 0.4) is 0 Å². The van der Waals surface area contributed by atoms with E-state index in [1.54, 1.807) is 0 Å². The maximum atomic E-state index is 6.31. The largest absolute Gasteiger partial charge is 0.368 e. The molecule has 2 rings (SSSR count). The number of rotatable bonds is 1. The Kier molecular flexibility index (Phi) is 3.63. The molecule has 4 heteroatoms. The zero-order valence-corrected chi connectivity index (χ0v) is 10.9. The second-order valence-corrected chi connectivity index (χ2v) is 5.16. The highest BCUT2D eigenvalue weighted by Crippen LogP contribution is 2.37. The van der Waals surface area contributed by atoms with Crippen LogP contribution >= 0.6 is 23.2 Å². The van der Waals surface area contributed by atoms with Crippen molar-refractivity contribution in [2.75, 3.05) is 18.0 Å². The SMILES string of the molecule is Cc1ccc(Cl)c(N2CCCC(N)C2)c1Cl. The van der Waals surface area contributed by atoms with Crippen LogP contribution in [0.5, 0.6) is 0 Å². The second-order valence-electron chi connectivity index (χ2n) is 4.38. The summed E-state index contributed by atoms with van der Waals surface area (Å²) >= 11 is 12.5. The molecule has 0 radical (unpaired) electrons. The molecule has 1 atom stereocenters. The van der Waals surface area contributed by atoms with E-state index < -0.39 is 0 Å². The number of nitrogens with two attached hydrogens (primary N) is 1. The maximum Gasteiger partial charge on any atom is 0.0748 e. The topological polar surface area (TPSA) is 29.3 Å². The van der Waals surface area contributed by atoms with Crippen molar-refractivity contribution in [3.8, 4) is 0 Å². The van der Waals surface area contributed by atoms with Crippen molar-refractivity contribution in [3.63, 3.8) is 0 Å². The van der Waals surface area contributed by atoms with Gasteiger partial charge in [-0.3, -0.25) is 0 Å². The van der Waals surface area contributed by atoms with Crippen molar-refractivity contribution < 1.29 is 0 Å². The van der Waals surface area contributed by atoms with E-state index in [2.05, 4.69) is 4.90 Å². The number of anilines is 1. The molecule has 0 bridgehead atoms. The van der Waals surface area contributed by atoms with Crippen molar-refractivity contribution in [1.82, 2.24) is 0 Å². The molecule has 0 saturated carbocycles. The minimum atomic E-state index is 0.224. The third kappa shape index (κ3) is 2.29. The summed E-state index contributed by atoms with van der Waals surface area (Å²) < 4.78 is 0. The minimum Gasteiger partial charge on any atom is -0.368 e. The van der Waals surface area contributed by atoms with Gasteiger partial charge in [0.05, 0.1) is 15.7 Å². The lowest BCUT2D eigenvalue weighted by Gasteiger charge is -2.34. The first-order valence-corrected chi connectivity index (χ1v) is 6.30. The summed E-state index contributed by atoms with van der Waals surface area (Å²) in [4.78, 5) is 2.20. The van der Waals surface area contributed by atoms with Gasteiger partial charge < -0.3 is 10.6 Å². The second kappa shape index (κ2) is 4.82. The predicted octanol–water partition coefficient (Wildman–Crippen LogP) is 3.23. The number of benzene rings is 1. The monoisotopic (exact) mass is 258 g/mol. The Labute approximate surface area is 106 Å². The van der Waals surface area contributed by atoms with Crippen LogP contribution in [-0.4, -0.2) is 19.1 Å². The molecule has 16 heavy (non-hydrogen) atoms. The Hall–Kier alpha value is -0.440. The normalized spacial score (nSPS) is 21.2. The summed E-state index contributed by atoms with van der Waals surface area (Å²) in [7, 11) is 0. The molecular weight excluding hydrogens is 243 g/mol. The summed E-state index contributed by atoms with van der Waals surface area (Å²) in [5.74, 6) is 0. The van der Waals surface area contributed by atoms with E-state index in [0.717, 1.165) is 42.2 Å². The molecule has 1 saturated heterocycles. The first-order chi connectivity index (χ1) is 7.59. The molecule has 1 heterocycles. The van der Waals surface area contributed by atoms with Crippen LogP contribution in [0.2, 0.25) is 10.0 Å². The molecule has 1 aliphatic heterocycles. The molecule has 0 amide bonds. The van der Waals surface area contributed by atoms with Gasteiger partial charge in [0, 0.05) is 19.1 Å². The van der Waals surface area contributed by atoms with E-state index in [1.165, 1.54) is 0 Å². The predicted molar refractivity (Wildman–Crippen MR) is 70.6 cm³/mol. The Morgan fingerprint density at radius 2 is 2.12 bits per heavy atom. The Morgan fingerprint density at radius 1 is 1.38 bits per heavy atom. The fourth-order valence-corrected chi connectivity index (χ4v) is 2.75. The highest BCUT2D eigenvalue weighted by Gasteiger charge is 2.21. The molecule has 1 aliphatic rings. The van der Waals surface area contributed by atoms with E-state index >= 15 is 0 Å². The molecule has 0 aromatic heterocycles. The molecule has 2 nitrogen and oxygen atoms in total. The third-order valence-corrected chi connectivity index (χ3v) is 3.82. The van der Waals surface area contributed by atoms with Crippen LogP contribution in [0.25, 0.3) is 0 Å². The quantitative estimate of drug-likeness (QED) is 0.839. The van der Waals surface area contributed by atoms with Crippen molar-refractivity contribution >= 4 is 28.9 Å². The molecule has 0 spiro atoms. The highest BCUT2D eigenvalue weighted by atomic mass is 35.5. The van der Waals surface area contributed by atoms with Crippen LogP contribution in [0, 0.1) is 6.92 Å². The van der Waals surface area contributed by atoms with Gasteiger partial charge in [0.2, 0.25) is 0 Å². The van der Waals surface area contributed by atoms with Crippen LogP contribution in [0.4, 0.5) is 5.69 Å². The Bertz CT molecular complexity index is 393. The van der Waals surface area contributed by atoms with Gasteiger partial charge in [-0.1, -0.05) is 29.3 Å². The molecular formula is C12H16Cl2N2. The molecule has 0 aliphatic carbocycles. The molecule has 1 aromatic carbocycles. The zero-order valence-electron chi connectivity index (χ0n) is 9.34. The summed E-state index contributed by atoms with van der Waals surface area (Å²) in [5, 5.41) is 1.46. The first kappa shape index (κ1) is 12.0. The number of aryl methyl sites for hydroxylation is 1. The lowest BCUT2D eigenvalue weighted by Crippen LogP contribution is -2.43. The lowest BCUT2D eigenvalue weighted by molar-refractivity contribution is 0.506. The first-order valence-electron chi connectivity index (χ1n) is 5.54. The zero-order chi connectivity index (χ0) is 11.7. The third-order valence-electron chi connectivity index (χ3n) is 3.03. The van der Waals surface area contributed by atoms with Gasteiger partial charge in [-0.05, 0) is 31.4 Å². The van der Waals surface area contributed by atoms with Crippen molar-refractivity contribution in [2.24, 2.45) is 5.73 Å². The highest BCUT2D eigenvalue weighted by molar-refractivity contribution is 6.39. The van der Waals surface area contributed by atoms with Gasteiger partial charge in [0.1, 0.15) is 0 Å². The Morgan fingerprint density at radius 3 is 2.81 bits per heavy atom. The van der Waals surface area contributed by atoms with Crippen LogP contribution in [-0.2, 0) is 0 Å². The van der Waals surface area contributed by atoms with E-state index in [1.807, 2.05) is 19.1 Å². The minimum absolute atomic E-state index is 0.224. The van der Waals surface area contributed by atoms with Gasteiger partial charge in [-0.2, -0.15) is 0 Å². The average Bonchev–Trinajstić information content (AvgIpc) is 2.24. The van der Waals surface area contributed by atoms with Gasteiger partial charge >= 0.3 is 0 Å². The molecule has 88 valence electrons. The van der Waals surface area contributed by atoms with E-state index in [4.69, 9.17) is 28.9 Å². The van der Waals surface area contributed by atoms with E-state index in [-0.39, 0.29) is 6.04 Å². The van der Waals surface area contributed by atoms with Crippen molar-refractivity contribution in [1.29, 1.82) is 0 Å². The number of hydrogen-bond acceptors (Lipinski definition) is 2. The molecule has 1 unspecified atom stereocenters. The standard InChI is InChI=1S/C12H16Cl2N2/c1-8-4-5-10(13)12(11(8)14)16-6-2-3-9(15)7-16/h4-5,9H,2-3,6-7,15H2,1H3. The summed E-state index contributed by atoms with van der Waals surface area (Å²) in [6.45, 7) is 3.81. The fraction of sp³-hybridized carbons (Fsp3) is 0.500. The molecule has 2 N–H and O–H groups in total. The number of halogens is 2. The summed E-state index contributed by atoms with van der Waals surface area (Å²) in [6, 6.07) is 4.07. The van der Waals surface area contributed by atoms with Crippen LogP contribution < -0.4 is 10.6 Å². The molecule has 1 fully saturated rings. The number of nitrogens with zero attached hydrogens (tertiary/aromatic N) is 1. The summed E-state index contributed by atoms with van der Waals surface area (Å²) in [6.07, 6.45) is 2.18. The summed E-state index contributed by atoms with van der Waals surface area (Å²) in [5.41, 5.74) is 7.97.